The standard InChI is InChI=1S/C14H14Cl2O2/c15-11-5-10(6-12(16)8-11)13-4-2-1-3-9(13)7-14(17)18/h5-8,13H,1-4H2,(H,17,18)/b9-7+. The van der Waals surface area contributed by atoms with Crippen LogP contribution < -0.4 is 0 Å². The maximum absolute atomic E-state index is 10.8. The summed E-state index contributed by atoms with van der Waals surface area (Å²) in [6, 6.07) is 5.44. The van der Waals surface area contributed by atoms with Gasteiger partial charge in [0.25, 0.3) is 0 Å². The van der Waals surface area contributed by atoms with Crippen molar-refractivity contribution in [2.45, 2.75) is 31.6 Å². The molecule has 4 heteroatoms. The van der Waals surface area contributed by atoms with Crippen LogP contribution in [0.2, 0.25) is 10.0 Å². The van der Waals surface area contributed by atoms with Crippen LogP contribution in [0.25, 0.3) is 0 Å². The molecule has 0 spiro atoms. The lowest BCUT2D eigenvalue weighted by atomic mass is 9.79. The van der Waals surface area contributed by atoms with Crippen LogP contribution in [-0.2, 0) is 4.79 Å². The number of allylic oxidation sites excluding steroid dienone is 1. The summed E-state index contributed by atoms with van der Waals surface area (Å²) in [6.07, 6.45) is 5.27. The van der Waals surface area contributed by atoms with E-state index in [9.17, 15) is 4.79 Å². The van der Waals surface area contributed by atoms with E-state index in [-0.39, 0.29) is 5.92 Å². The highest BCUT2D eigenvalue weighted by Crippen LogP contribution is 2.39. The summed E-state index contributed by atoms with van der Waals surface area (Å²) >= 11 is 12.0. The normalized spacial score (nSPS) is 22.1. The summed E-state index contributed by atoms with van der Waals surface area (Å²) in [5.74, 6) is -0.754. The van der Waals surface area contributed by atoms with Crippen LogP contribution in [0.3, 0.4) is 0 Å². The summed E-state index contributed by atoms with van der Waals surface area (Å²) in [7, 11) is 0. The molecule has 0 aliphatic heterocycles. The van der Waals surface area contributed by atoms with E-state index in [4.69, 9.17) is 28.3 Å². The average molecular weight is 285 g/mol. The Balaban J connectivity index is 2.36. The molecule has 0 aromatic heterocycles. The van der Waals surface area contributed by atoms with Gasteiger partial charge in [-0.3, -0.25) is 0 Å². The smallest absolute Gasteiger partial charge is 0.328 e. The molecule has 1 aromatic carbocycles. The SMILES string of the molecule is O=C(O)/C=C1\CCCCC1c1cc(Cl)cc(Cl)c1. The molecule has 1 atom stereocenters. The van der Waals surface area contributed by atoms with Crippen molar-refractivity contribution in [3.63, 3.8) is 0 Å². The molecule has 0 bridgehead atoms. The Labute approximate surface area is 116 Å². The number of carbonyl (C=O) groups is 1. The second kappa shape index (κ2) is 5.77. The fraction of sp³-hybridized carbons (Fsp3) is 0.357. The number of benzene rings is 1. The second-order valence-corrected chi connectivity index (χ2v) is 5.43. The van der Waals surface area contributed by atoms with Gasteiger partial charge in [0.1, 0.15) is 0 Å². The van der Waals surface area contributed by atoms with Gasteiger partial charge in [-0.1, -0.05) is 35.2 Å². The minimum Gasteiger partial charge on any atom is -0.478 e. The lowest BCUT2D eigenvalue weighted by Crippen LogP contribution is -2.10. The highest BCUT2D eigenvalue weighted by atomic mass is 35.5. The van der Waals surface area contributed by atoms with Crippen LogP contribution in [0.4, 0.5) is 0 Å². The zero-order chi connectivity index (χ0) is 13.1. The van der Waals surface area contributed by atoms with Crippen molar-refractivity contribution < 1.29 is 9.90 Å². The number of hydrogen-bond acceptors (Lipinski definition) is 1. The Morgan fingerprint density at radius 1 is 1.22 bits per heavy atom. The Morgan fingerprint density at radius 2 is 1.89 bits per heavy atom. The van der Waals surface area contributed by atoms with Gasteiger partial charge in [0.2, 0.25) is 0 Å². The van der Waals surface area contributed by atoms with Gasteiger partial charge in [-0.25, -0.2) is 4.79 Å². The third-order valence-electron chi connectivity index (χ3n) is 3.25. The number of carboxylic acid groups (broad SMARTS) is 1. The first-order valence-electron chi connectivity index (χ1n) is 5.95. The van der Waals surface area contributed by atoms with Crippen LogP contribution >= 0.6 is 23.2 Å². The quantitative estimate of drug-likeness (QED) is 0.802. The van der Waals surface area contributed by atoms with Gasteiger partial charge >= 0.3 is 5.97 Å². The van der Waals surface area contributed by atoms with Crippen molar-refractivity contribution in [1.82, 2.24) is 0 Å². The Hall–Kier alpha value is -0.990. The Bertz CT molecular complexity index is 474. The summed E-state index contributed by atoms with van der Waals surface area (Å²) in [4.78, 5) is 10.8. The summed E-state index contributed by atoms with van der Waals surface area (Å²) in [5, 5.41) is 10.1. The fourth-order valence-corrected chi connectivity index (χ4v) is 3.07. The minimum absolute atomic E-state index is 0.131. The molecule has 0 heterocycles. The molecule has 0 radical (unpaired) electrons. The van der Waals surface area contributed by atoms with E-state index in [1.54, 1.807) is 6.07 Å². The topological polar surface area (TPSA) is 37.3 Å². The zero-order valence-corrected chi connectivity index (χ0v) is 11.3. The van der Waals surface area contributed by atoms with Crippen molar-refractivity contribution in [3.8, 4) is 0 Å². The van der Waals surface area contributed by atoms with Crippen molar-refractivity contribution in [3.05, 3.63) is 45.5 Å². The lowest BCUT2D eigenvalue weighted by molar-refractivity contribution is -0.131. The van der Waals surface area contributed by atoms with E-state index in [0.29, 0.717) is 10.0 Å². The summed E-state index contributed by atoms with van der Waals surface area (Å²) in [6.45, 7) is 0. The molecule has 18 heavy (non-hydrogen) atoms. The molecule has 1 saturated carbocycles. The fourth-order valence-electron chi connectivity index (χ4n) is 2.53. The van der Waals surface area contributed by atoms with Gasteiger partial charge in [0.05, 0.1) is 0 Å². The molecule has 1 fully saturated rings. The summed E-state index contributed by atoms with van der Waals surface area (Å²) < 4.78 is 0. The van der Waals surface area contributed by atoms with Gasteiger partial charge in [-0.05, 0) is 43.0 Å². The maximum atomic E-state index is 10.8. The molecule has 1 N–H and O–H groups in total. The van der Waals surface area contributed by atoms with E-state index in [2.05, 4.69) is 0 Å². The predicted octanol–water partition coefficient (Wildman–Crippen LogP) is 4.66. The zero-order valence-electron chi connectivity index (χ0n) is 9.83. The van der Waals surface area contributed by atoms with Gasteiger partial charge in [0, 0.05) is 22.0 Å². The monoisotopic (exact) mass is 284 g/mol. The van der Waals surface area contributed by atoms with Crippen LogP contribution in [0, 0.1) is 0 Å². The lowest BCUT2D eigenvalue weighted by Gasteiger charge is -2.25. The van der Waals surface area contributed by atoms with Crippen LogP contribution in [0.1, 0.15) is 37.2 Å². The molecule has 1 aromatic rings. The van der Waals surface area contributed by atoms with Crippen LogP contribution in [0.15, 0.2) is 29.8 Å². The first-order chi connectivity index (χ1) is 8.56. The van der Waals surface area contributed by atoms with Crippen molar-refractivity contribution in [2.75, 3.05) is 0 Å². The molecule has 1 aliphatic carbocycles. The van der Waals surface area contributed by atoms with E-state index >= 15 is 0 Å². The summed E-state index contributed by atoms with van der Waals surface area (Å²) in [5.41, 5.74) is 1.98. The first-order valence-corrected chi connectivity index (χ1v) is 6.71. The highest BCUT2D eigenvalue weighted by Gasteiger charge is 2.22. The van der Waals surface area contributed by atoms with Gasteiger partial charge in [0.15, 0.2) is 0 Å². The Morgan fingerprint density at radius 3 is 2.50 bits per heavy atom. The first kappa shape index (κ1) is 13.4. The third kappa shape index (κ3) is 3.27. The number of aliphatic carboxylic acids is 1. The van der Waals surface area contributed by atoms with E-state index in [1.165, 1.54) is 6.08 Å². The minimum atomic E-state index is -0.884. The van der Waals surface area contributed by atoms with Crippen molar-refractivity contribution >= 4 is 29.2 Å². The second-order valence-electron chi connectivity index (χ2n) is 4.56. The molecule has 1 unspecified atom stereocenters. The largest absolute Gasteiger partial charge is 0.478 e. The predicted molar refractivity (Wildman–Crippen MR) is 73.4 cm³/mol. The van der Waals surface area contributed by atoms with Crippen molar-refractivity contribution in [2.24, 2.45) is 0 Å². The van der Waals surface area contributed by atoms with Gasteiger partial charge in [-0.15, -0.1) is 0 Å². The number of carboxylic acids is 1. The van der Waals surface area contributed by atoms with Crippen LogP contribution in [0.5, 0.6) is 0 Å². The van der Waals surface area contributed by atoms with E-state index in [0.717, 1.165) is 36.8 Å². The molecule has 2 nitrogen and oxygen atoms in total. The van der Waals surface area contributed by atoms with E-state index < -0.39 is 5.97 Å². The van der Waals surface area contributed by atoms with E-state index in [1.807, 2.05) is 12.1 Å². The molecule has 0 saturated heterocycles. The highest BCUT2D eigenvalue weighted by molar-refractivity contribution is 6.34. The van der Waals surface area contributed by atoms with Gasteiger partial charge in [-0.2, -0.15) is 0 Å². The number of rotatable bonds is 2. The average Bonchev–Trinajstić information content (AvgIpc) is 2.27. The van der Waals surface area contributed by atoms with Gasteiger partial charge < -0.3 is 5.11 Å². The van der Waals surface area contributed by atoms with Crippen molar-refractivity contribution in [1.29, 1.82) is 0 Å². The molecule has 96 valence electrons. The molecule has 0 amide bonds. The molecular weight excluding hydrogens is 271 g/mol. The number of halogens is 2. The number of hydrogen-bond donors (Lipinski definition) is 1. The Kier molecular flexibility index (Phi) is 4.31. The van der Waals surface area contributed by atoms with Crippen LogP contribution in [-0.4, -0.2) is 11.1 Å². The molecule has 2 rings (SSSR count). The molecule has 1 aliphatic rings. The molecular formula is C14H14Cl2O2. The third-order valence-corrected chi connectivity index (χ3v) is 3.69. The maximum Gasteiger partial charge on any atom is 0.328 e.